The van der Waals surface area contributed by atoms with E-state index >= 15 is 0 Å². The fourth-order valence-electron chi connectivity index (χ4n) is 2.78. The number of benzene rings is 1. The third-order valence-electron chi connectivity index (χ3n) is 3.86. The number of ether oxygens (including phenoxy) is 1. The molecule has 0 spiro atoms. The lowest BCUT2D eigenvalue weighted by molar-refractivity contribution is -0.138. The molecule has 1 aliphatic heterocycles. The fourth-order valence-corrected chi connectivity index (χ4v) is 2.78. The zero-order valence-electron chi connectivity index (χ0n) is 11.9. The van der Waals surface area contributed by atoms with Gasteiger partial charge in [0.25, 0.3) is 5.91 Å². The molecule has 2 aromatic rings. The number of aliphatic carboxylic acids is 1. The van der Waals surface area contributed by atoms with Crippen LogP contribution in [0.5, 0.6) is 0 Å². The number of nitrogens with zero attached hydrogens (tertiary/aromatic N) is 1. The van der Waals surface area contributed by atoms with Crippen LogP contribution in [0, 0.1) is 0 Å². The topological polar surface area (TPSA) is 88.5 Å². The number of nitrogens with one attached hydrogen (secondary N) is 1. The molecule has 1 saturated heterocycles. The number of carbonyl (C=O) groups excluding carboxylic acids is 1. The molecule has 0 saturated carbocycles. The lowest BCUT2D eigenvalue weighted by atomic mass is 9.94. The summed E-state index contributed by atoms with van der Waals surface area (Å²) in [7, 11) is 0. The average Bonchev–Trinajstić information content (AvgIpc) is 2.93. The number of aromatic nitrogens is 1. The summed E-state index contributed by atoms with van der Waals surface area (Å²) in [6.45, 7) is 0.645. The highest BCUT2D eigenvalue weighted by molar-refractivity contribution is 6.05. The minimum Gasteiger partial charge on any atom is -0.481 e. The van der Waals surface area contributed by atoms with Gasteiger partial charge in [-0.25, -0.2) is 0 Å². The van der Waals surface area contributed by atoms with E-state index in [1.165, 1.54) is 0 Å². The van der Waals surface area contributed by atoms with Crippen LogP contribution in [0.4, 0.5) is 0 Å². The molecule has 0 aliphatic carbocycles. The number of fused-ring (bicyclic) bond motifs is 1. The summed E-state index contributed by atoms with van der Waals surface area (Å²) in [6, 6.07) is 9.29. The summed E-state index contributed by atoms with van der Waals surface area (Å²) in [4.78, 5) is 27.8. The number of amides is 1. The van der Waals surface area contributed by atoms with Crippen molar-refractivity contribution < 1.29 is 19.4 Å². The SMILES string of the molecule is O=C(O)CC1(NC(=O)c2nccc3ccccc23)CCOC1. The number of carboxylic acid groups (broad SMARTS) is 1. The third kappa shape index (κ3) is 2.78. The predicted octanol–water partition coefficient (Wildman–Crippen LogP) is 1.60. The van der Waals surface area contributed by atoms with Gasteiger partial charge < -0.3 is 15.2 Å². The van der Waals surface area contributed by atoms with Crippen LogP contribution in [0.15, 0.2) is 36.5 Å². The van der Waals surface area contributed by atoms with Gasteiger partial charge in [0.1, 0.15) is 5.69 Å². The molecule has 22 heavy (non-hydrogen) atoms. The Morgan fingerprint density at radius 3 is 2.86 bits per heavy atom. The first kappa shape index (κ1) is 14.5. The molecular formula is C16H16N2O4. The zero-order valence-corrected chi connectivity index (χ0v) is 11.9. The van der Waals surface area contributed by atoms with Crippen molar-refractivity contribution in [3.8, 4) is 0 Å². The second-order valence-electron chi connectivity index (χ2n) is 5.49. The van der Waals surface area contributed by atoms with Gasteiger partial charge >= 0.3 is 5.97 Å². The number of pyridine rings is 1. The highest BCUT2D eigenvalue weighted by Gasteiger charge is 2.39. The van der Waals surface area contributed by atoms with Crippen molar-refractivity contribution in [3.05, 3.63) is 42.2 Å². The van der Waals surface area contributed by atoms with E-state index in [1.807, 2.05) is 30.3 Å². The normalized spacial score (nSPS) is 20.9. The maximum Gasteiger partial charge on any atom is 0.305 e. The Morgan fingerprint density at radius 2 is 2.14 bits per heavy atom. The van der Waals surface area contributed by atoms with Crippen molar-refractivity contribution in [2.24, 2.45) is 0 Å². The van der Waals surface area contributed by atoms with E-state index in [4.69, 9.17) is 9.84 Å². The second kappa shape index (κ2) is 5.73. The Hall–Kier alpha value is -2.47. The van der Waals surface area contributed by atoms with E-state index in [-0.39, 0.29) is 18.9 Å². The zero-order chi connectivity index (χ0) is 15.6. The lowest BCUT2D eigenvalue weighted by Gasteiger charge is -2.26. The quantitative estimate of drug-likeness (QED) is 0.895. The summed E-state index contributed by atoms with van der Waals surface area (Å²) in [5.74, 6) is -1.33. The van der Waals surface area contributed by atoms with Gasteiger partial charge in [-0.05, 0) is 17.9 Å². The number of carbonyl (C=O) groups is 2. The fraction of sp³-hybridized carbons (Fsp3) is 0.312. The van der Waals surface area contributed by atoms with Gasteiger partial charge in [0, 0.05) is 18.2 Å². The molecule has 2 heterocycles. The average molecular weight is 300 g/mol. The van der Waals surface area contributed by atoms with Gasteiger partial charge in [-0.3, -0.25) is 14.6 Å². The molecule has 1 atom stereocenters. The first-order valence-corrected chi connectivity index (χ1v) is 7.05. The van der Waals surface area contributed by atoms with Gasteiger partial charge in [-0.15, -0.1) is 0 Å². The van der Waals surface area contributed by atoms with Crippen molar-refractivity contribution in [3.63, 3.8) is 0 Å². The van der Waals surface area contributed by atoms with Crippen molar-refractivity contribution in [2.75, 3.05) is 13.2 Å². The molecule has 3 rings (SSSR count). The van der Waals surface area contributed by atoms with Crippen LogP contribution in [-0.2, 0) is 9.53 Å². The van der Waals surface area contributed by atoms with Crippen molar-refractivity contribution in [1.82, 2.24) is 10.3 Å². The lowest BCUT2D eigenvalue weighted by Crippen LogP contribution is -2.50. The molecule has 6 nitrogen and oxygen atoms in total. The molecule has 1 amide bonds. The van der Waals surface area contributed by atoms with E-state index < -0.39 is 11.5 Å². The van der Waals surface area contributed by atoms with Crippen molar-refractivity contribution in [1.29, 1.82) is 0 Å². The van der Waals surface area contributed by atoms with E-state index in [0.29, 0.717) is 18.7 Å². The maximum atomic E-state index is 12.6. The summed E-state index contributed by atoms with van der Waals surface area (Å²) >= 11 is 0. The number of carboxylic acids is 1. The molecule has 1 fully saturated rings. The standard InChI is InChI=1S/C16H16N2O4/c19-13(20)9-16(6-8-22-10-16)18-15(21)14-12-4-2-1-3-11(12)5-7-17-14/h1-5,7H,6,8-10H2,(H,18,21)(H,19,20). The number of hydrogen-bond donors (Lipinski definition) is 2. The highest BCUT2D eigenvalue weighted by Crippen LogP contribution is 2.24. The van der Waals surface area contributed by atoms with E-state index in [1.54, 1.807) is 6.20 Å². The highest BCUT2D eigenvalue weighted by atomic mass is 16.5. The van der Waals surface area contributed by atoms with Crippen LogP contribution < -0.4 is 5.32 Å². The Labute approximate surface area is 127 Å². The van der Waals surface area contributed by atoms with Gasteiger partial charge in [0.2, 0.25) is 0 Å². The Bertz CT molecular complexity index is 718. The Balaban J connectivity index is 1.91. The molecular weight excluding hydrogens is 284 g/mol. The molecule has 1 unspecified atom stereocenters. The maximum absolute atomic E-state index is 12.6. The summed E-state index contributed by atoms with van der Waals surface area (Å²) in [5, 5.41) is 13.6. The van der Waals surface area contributed by atoms with Crippen LogP contribution in [0.1, 0.15) is 23.3 Å². The minimum atomic E-state index is -0.961. The number of hydrogen-bond acceptors (Lipinski definition) is 4. The largest absolute Gasteiger partial charge is 0.481 e. The molecule has 1 aromatic heterocycles. The summed E-state index contributed by atoms with van der Waals surface area (Å²) < 4.78 is 5.29. The van der Waals surface area contributed by atoms with Crippen molar-refractivity contribution in [2.45, 2.75) is 18.4 Å². The summed E-state index contributed by atoms with van der Waals surface area (Å²) in [5.41, 5.74) is -0.559. The molecule has 114 valence electrons. The third-order valence-corrected chi connectivity index (χ3v) is 3.86. The first-order chi connectivity index (χ1) is 10.6. The van der Waals surface area contributed by atoms with Crippen LogP contribution in [0.3, 0.4) is 0 Å². The number of rotatable bonds is 4. The monoisotopic (exact) mass is 300 g/mol. The molecule has 6 heteroatoms. The van der Waals surface area contributed by atoms with Crippen LogP contribution in [-0.4, -0.2) is 40.7 Å². The van der Waals surface area contributed by atoms with Gasteiger partial charge in [-0.1, -0.05) is 24.3 Å². The van der Waals surface area contributed by atoms with Gasteiger partial charge in [0.15, 0.2) is 0 Å². The second-order valence-corrected chi connectivity index (χ2v) is 5.49. The van der Waals surface area contributed by atoms with Crippen LogP contribution >= 0.6 is 0 Å². The minimum absolute atomic E-state index is 0.163. The van der Waals surface area contributed by atoms with E-state index in [9.17, 15) is 9.59 Å². The van der Waals surface area contributed by atoms with Crippen LogP contribution in [0.2, 0.25) is 0 Å². The van der Waals surface area contributed by atoms with Gasteiger partial charge in [0.05, 0.1) is 18.6 Å². The Kier molecular flexibility index (Phi) is 3.77. The van der Waals surface area contributed by atoms with Gasteiger partial charge in [-0.2, -0.15) is 0 Å². The van der Waals surface area contributed by atoms with Crippen LogP contribution in [0.25, 0.3) is 10.8 Å². The van der Waals surface area contributed by atoms with E-state index in [0.717, 1.165) is 10.8 Å². The molecule has 2 N–H and O–H groups in total. The smallest absolute Gasteiger partial charge is 0.305 e. The molecule has 1 aliphatic rings. The predicted molar refractivity (Wildman–Crippen MR) is 79.6 cm³/mol. The summed E-state index contributed by atoms with van der Waals surface area (Å²) in [6.07, 6.45) is 1.89. The molecule has 0 bridgehead atoms. The molecule has 1 aromatic carbocycles. The molecule has 0 radical (unpaired) electrons. The first-order valence-electron chi connectivity index (χ1n) is 7.05. The van der Waals surface area contributed by atoms with E-state index in [2.05, 4.69) is 10.3 Å². The Morgan fingerprint density at radius 1 is 1.32 bits per heavy atom. The van der Waals surface area contributed by atoms with Crippen molar-refractivity contribution >= 4 is 22.6 Å².